The molecule has 0 spiro atoms. The maximum absolute atomic E-state index is 13.1. The summed E-state index contributed by atoms with van der Waals surface area (Å²) in [5.41, 5.74) is 3.01. The van der Waals surface area contributed by atoms with Gasteiger partial charge in [0.2, 0.25) is 0 Å². The number of rotatable bonds is 2. The summed E-state index contributed by atoms with van der Waals surface area (Å²) in [6.07, 6.45) is 3.01. The Balaban J connectivity index is 2.30. The predicted molar refractivity (Wildman–Crippen MR) is 83.3 cm³/mol. The molecular weight excluding hydrogens is 253 g/mol. The van der Waals surface area contributed by atoms with Crippen LogP contribution in [0.5, 0.6) is 0 Å². The molecule has 19 heavy (non-hydrogen) atoms. The first-order valence-corrected chi connectivity index (χ1v) is 9.03. The average molecular weight is 279 g/mol. The minimum absolute atomic E-state index is 0.180. The van der Waals surface area contributed by atoms with Crippen LogP contribution in [0.15, 0.2) is 24.3 Å². The van der Waals surface area contributed by atoms with Gasteiger partial charge in [0, 0.05) is 6.16 Å². The van der Waals surface area contributed by atoms with Gasteiger partial charge >= 0.3 is 0 Å². The molecule has 2 rings (SSSR count). The fourth-order valence-electron chi connectivity index (χ4n) is 2.95. The Labute approximate surface area is 117 Å². The van der Waals surface area contributed by atoms with Gasteiger partial charge in [0.05, 0.1) is 5.66 Å². The maximum Gasteiger partial charge on any atom is 0.157 e. The van der Waals surface area contributed by atoms with Crippen molar-refractivity contribution in [2.24, 2.45) is 0 Å². The number of benzene rings is 1. The highest BCUT2D eigenvalue weighted by Crippen LogP contribution is 2.67. The van der Waals surface area contributed by atoms with Crippen molar-refractivity contribution in [2.45, 2.75) is 44.7 Å². The minimum atomic E-state index is -2.20. The van der Waals surface area contributed by atoms with Gasteiger partial charge in [-0.05, 0) is 43.5 Å². The van der Waals surface area contributed by atoms with Crippen LogP contribution in [0, 0.1) is 0 Å². The van der Waals surface area contributed by atoms with Crippen LogP contribution >= 0.6 is 7.29 Å². The van der Waals surface area contributed by atoms with Crippen LogP contribution in [0.2, 0.25) is 0 Å². The van der Waals surface area contributed by atoms with Crippen LogP contribution in [0.3, 0.4) is 0 Å². The van der Waals surface area contributed by atoms with Crippen molar-refractivity contribution in [3.05, 3.63) is 35.4 Å². The first-order valence-electron chi connectivity index (χ1n) is 7.12. The molecule has 2 atom stereocenters. The summed E-state index contributed by atoms with van der Waals surface area (Å²) in [6, 6.07) is 8.78. The molecule has 1 aromatic carbocycles. The van der Waals surface area contributed by atoms with Crippen molar-refractivity contribution in [2.75, 3.05) is 20.3 Å². The quantitative estimate of drug-likeness (QED) is 0.734. The van der Waals surface area contributed by atoms with Gasteiger partial charge in [0.25, 0.3) is 0 Å². The predicted octanol–water partition coefficient (Wildman–Crippen LogP) is 4.66. The van der Waals surface area contributed by atoms with E-state index in [1.807, 2.05) is 18.8 Å². The highest BCUT2D eigenvalue weighted by Gasteiger charge is 2.40. The number of nitrogens with zero attached hydrogens (tertiary/aromatic N) is 1. The van der Waals surface area contributed by atoms with Crippen LogP contribution in [0.1, 0.15) is 50.4 Å². The zero-order valence-corrected chi connectivity index (χ0v) is 13.7. The molecule has 2 nitrogen and oxygen atoms in total. The molecule has 1 fully saturated rings. The molecule has 0 saturated carbocycles. The second kappa shape index (κ2) is 5.07. The van der Waals surface area contributed by atoms with Crippen LogP contribution in [-0.2, 0) is 9.98 Å². The molecule has 0 aliphatic carbocycles. The Morgan fingerprint density at radius 3 is 2.21 bits per heavy atom. The molecule has 0 aromatic heterocycles. The standard InChI is InChI=1S/C16H26NOP/c1-16(2,3)14-10-8-13(9-11-14)15-7-6-12-19(15,18)17(4)5/h8-11,15H,6-7,12H2,1-5H3. The molecule has 1 saturated heterocycles. The summed E-state index contributed by atoms with van der Waals surface area (Å²) in [5, 5.41) is 0. The lowest BCUT2D eigenvalue weighted by Crippen LogP contribution is -2.13. The average Bonchev–Trinajstić information content (AvgIpc) is 2.72. The third kappa shape index (κ3) is 2.80. The van der Waals surface area contributed by atoms with Gasteiger partial charge in [0.15, 0.2) is 7.29 Å². The SMILES string of the molecule is CN(C)P1(=O)CCCC1c1ccc(C(C)(C)C)cc1. The van der Waals surface area contributed by atoms with E-state index in [0.29, 0.717) is 0 Å². The topological polar surface area (TPSA) is 20.3 Å². The summed E-state index contributed by atoms with van der Waals surface area (Å²) in [5.74, 6) is 0. The number of hydrogen-bond donors (Lipinski definition) is 0. The Hall–Kier alpha value is -0.590. The van der Waals surface area contributed by atoms with Gasteiger partial charge in [0.1, 0.15) is 0 Å². The first kappa shape index (κ1) is 14.8. The molecule has 0 N–H and O–H groups in total. The Morgan fingerprint density at radius 2 is 1.74 bits per heavy atom. The smallest absolute Gasteiger partial charge is 0.157 e. The van der Waals surface area contributed by atoms with E-state index in [0.717, 1.165) is 19.0 Å². The molecule has 0 bridgehead atoms. The molecule has 1 aliphatic rings. The lowest BCUT2D eigenvalue weighted by molar-refractivity contribution is 0.510. The van der Waals surface area contributed by atoms with Gasteiger partial charge in [-0.1, -0.05) is 45.0 Å². The summed E-state index contributed by atoms with van der Waals surface area (Å²) < 4.78 is 15.0. The van der Waals surface area contributed by atoms with Gasteiger partial charge in [-0.25, -0.2) is 0 Å². The molecule has 106 valence electrons. The van der Waals surface area contributed by atoms with Gasteiger partial charge in [-0.2, -0.15) is 0 Å². The summed E-state index contributed by atoms with van der Waals surface area (Å²) in [7, 11) is 1.73. The van der Waals surface area contributed by atoms with Gasteiger partial charge < -0.3 is 4.57 Å². The molecule has 0 amide bonds. The third-order valence-electron chi connectivity index (χ3n) is 4.28. The fourth-order valence-corrected chi connectivity index (χ4v) is 6.08. The van der Waals surface area contributed by atoms with E-state index in [9.17, 15) is 4.57 Å². The molecule has 1 heterocycles. The Morgan fingerprint density at radius 1 is 1.16 bits per heavy atom. The number of hydrogen-bond acceptors (Lipinski definition) is 1. The Bertz CT molecular complexity index is 484. The van der Waals surface area contributed by atoms with E-state index < -0.39 is 7.29 Å². The zero-order valence-electron chi connectivity index (χ0n) is 12.8. The van der Waals surface area contributed by atoms with Crippen LogP contribution < -0.4 is 0 Å². The highest BCUT2D eigenvalue weighted by atomic mass is 31.2. The van der Waals surface area contributed by atoms with Crippen molar-refractivity contribution < 1.29 is 4.57 Å². The normalized spacial score (nSPS) is 28.0. The van der Waals surface area contributed by atoms with E-state index in [4.69, 9.17) is 0 Å². The van der Waals surface area contributed by atoms with Crippen molar-refractivity contribution >= 4 is 7.29 Å². The Kier molecular flexibility index (Phi) is 3.95. The van der Waals surface area contributed by atoms with Crippen LogP contribution in [-0.4, -0.2) is 24.9 Å². The molecule has 0 radical (unpaired) electrons. The molecule has 2 unspecified atom stereocenters. The van der Waals surface area contributed by atoms with Gasteiger partial charge in [-0.3, -0.25) is 4.67 Å². The van der Waals surface area contributed by atoms with Crippen LogP contribution in [0.25, 0.3) is 0 Å². The van der Waals surface area contributed by atoms with E-state index in [1.165, 1.54) is 11.1 Å². The third-order valence-corrected chi connectivity index (χ3v) is 8.12. The van der Waals surface area contributed by atoms with Crippen molar-refractivity contribution in [3.8, 4) is 0 Å². The summed E-state index contributed by atoms with van der Waals surface area (Å²) in [6.45, 7) is 6.67. The molecule has 1 aliphatic heterocycles. The molecular formula is C16H26NOP. The van der Waals surface area contributed by atoms with Crippen molar-refractivity contribution in [1.82, 2.24) is 4.67 Å². The second-order valence-corrected chi connectivity index (χ2v) is 10.2. The van der Waals surface area contributed by atoms with E-state index in [1.54, 1.807) is 0 Å². The zero-order chi connectivity index (χ0) is 14.3. The van der Waals surface area contributed by atoms with E-state index in [-0.39, 0.29) is 11.1 Å². The highest BCUT2D eigenvalue weighted by molar-refractivity contribution is 7.62. The maximum atomic E-state index is 13.1. The fraction of sp³-hybridized carbons (Fsp3) is 0.625. The van der Waals surface area contributed by atoms with E-state index in [2.05, 4.69) is 45.0 Å². The van der Waals surface area contributed by atoms with Gasteiger partial charge in [-0.15, -0.1) is 0 Å². The largest absolute Gasteiger partial charge is 0.306 e. The van der Waals surface area contributed by atoms with Crippen LogP contribution in [0.4, 0.5) is 0 Å². The lowest BCUT2D eigenvalue weighted by Gasteiger charge is -2.27. The second-order valence-electron chi connectivity index (χ2n) is 6.86. The monoisotopic (exact) mass is 279 g/mol. The van der Waals surface area contributed by atoms with Crippen molar-refractivity contribution in [3.63, 3.8) is 0 Å². The lowest BCUT2D eigenvalue weighted by atomic mass is 9.86. The minimum Gasteiger partial charge on any atom is -0.306 e. The van der Waals surface area contributed by atoms with E-state index >= 15 is 0 Å². The molecule has 3 heteroatoms. The molecule has 1 aromatic rings. The van der Waals surface area contributed by atoms with Crippen molar-refractivity contribution in [1.29, 1.82) is 0 Å². The summed E-state index contributed by atoms with van der Waals surface area (Å²) in [4.78, 5) is 0. The summed E-state index contributed by atoms with van der Waals surface area (Å²) >= 11 is 0. The first-order chi connectivity index (χ1) is 8.75.